The third-order valence-corrected chi connectivity index (χ3v) is 5.00. The molecule has 1 amide bonds. The van der Waals surface area contributed by atoms with Crippen molar-refractivity contribution in [2.24, 2.45) is 5.73 Å². The van der Waals surface area contributed by atoms with Crippen LogP contribution in [0.15, 0.2) is 23.6 Å². The normalized spacial score (nSPS) is 15.7. The summed E-state index contributed by atoms with van der Waals surface area (Å²) in [5, 5.41) is 5.22. The van der Waals surface area contributed by atoms with Crippen LogP contribution in [0.1, 0.15) is 12.8 Å². The van der Waals surface area contributed by atoms with Gasteiger partial charge in [0.25, 0.3) is 0 Å². The number of amides is 1. The average Bonchev–Trinajstić information content (AvgIpc) is 3.10. The van der Waals surface area contributed by atoms with Gasteiger partial charge in [0.15, 0.2) is 16.6 Å². The summed E-state index contributed by atoms with van der Waals surface area (Å²) >= 11 is 1.36. The molecule has 0 spiro atoms. The zero-order valence-corrected chi connectivity index (χ0v) is 16.2. The molecule has 0 atom stereocenters. The fourth-order valence-corrected chi connectivity index (χ4v) is 3.36. The van der Waals surface area contributed by atoms with Crippen LogP contribution >= 0.6 is 23.7 Å². The molecule has 0 unspecified atom stereocenters. The molecule has 1 aromatic carbocycles. The number of hydrogen-bond acceptors (Lipinski definition) is 7. The number of carbonyl (C=O) groups is 1. The number of methoxy groups -OCH3 is 2. The molecule has 7 nitrogen and oxygen atoms in total. The zero-order chi connectivity index (χ0) is 17.9. The lowest BCUT2D eigenvalue weighted by Gasteiger charge is -2.31. The van der Waals surface area contributed by atoms with Crippen LogP contribution in [0.25, 0.3) is 11.3 Å². The topological polar surface area (TPSA) is 95.7 Å². The second-order valence-corrected chi connectivity index (χ2v) is 6.69. The zero-order valence-electron chi connectivity index (χ0n) is 14.6. The third kappa shape index (κ3) is 4.27. The van der Waals surface area contributed by atoms with Crippen molar-refractivity contribution in [1.82, 2.24) is 4.98 Å². The Labute approximate surface area is 162 Å². The van der Waals surface area contributed by atoms with E-state index in [4.69, 9.17) is 19.9 Å². The molecule has 1 aliphatic rings. The Morgan fingerprint density at radius 3 is 2.62 bits per heavy atom. The first-order valence-electron chi connectivity index (χ1n) is 7.92. The second-order valence-electron chi connectivity index (χ2n) is 5.83. The Morgan fingerprint density at radius 1 is 1.27 bits per heavy atom. The Bertz CT molecular complexity index is 762. The van der Waals surface area contributed by atoms with Gasteiger partial charge in [-0.25, -0.2) is 4.98 Å². The maximum atomic E-state index is 12.5. The van der Waals surface area contributed by atoms with Crippen molar-refractivity contribution in [3.8, 4) is 22.8 Å². The number of nitrogens with zero attached hydrogens (tertiary/aromatic N) is 1. The van der Waals surface area contributed by atoms with Crippen molar-refractivity contribution < 1.29 is 19.0 Å². The molecule has 1 aromatic heterocycles. The number of nitrogens with one attached hydrogen (secondary N) is 1. The molecule has 2 aromatic rings. The molecular weight excluding hydrogens is 378 g/mol. The summed E-state index contributed by atoms with van der Waals surface area (Å²) in [7, 11) is 3.18. The molecule has 0 bridgehead atoms. The van der Waals surface area contributed by atoms with Gasteiger partial charge in [-0.05, 0) is 31.0 Å². The van der Waals surface area contributed by atoms with Gasteiger partial charge in [-0.15, -0.1) is 23.7 Å². The summed E-state index contributed by atoms with van der Waals surface area (Å²) in [4.78, 5) is 16.9. The van der Waals surface area contributed by atoms with Gasteiger partial charge >= 0.3 is 0 Å². The van der Waals surface area contributed by atoms with Crippen LogP contribution in [0, 0.1) is 0 Å². The SMILES string of the molecule is COc1ccc(-c2csc(NC(=O)C3(N)CCOCC3)n2)cc1OC.Cl. The number of nitrogens with two attached hydrogens (primary N) is 1. The van der Waals surface area contributed by atoms with Crippen LogP contribution in [-0.4, -0.2) is 43.9 Å². The first-order valence-corrected chi connectivity index (χ1v) is 8.80. The van der Waals surface area contributed by atoms with E-state index in [1.54, 1.807) is 14.2 Å². The quantitative estimate of drug-likeness (QED) is 0.802. The number of halogens is 1. The van der Waals surface area contributed by atoms with E-state index >= 15 is 0 Å². The molecule has 142 valence electrons. The van der Waals surface area contributed by atoms with Crippen molar-refractivity contribution in [3.05, 3.63) is 23.6 Å². The number of carbonyl (C=O) groups excluding carboxylic acids is 1. The van der Waals surface area contributed by atoms with Gasteiger partial charge in [-0.2, -0.15) is 0 Å². The summed E-state index contributed by atoms with van der Waals surface area (Å²) in [6.07, 6.45) is 1.01. The van der Waals surface area contributed by atoms with Crippen molar-refractivity contribution in [2.75, 3.05) is 32.8 Å². The number of thiazole rings is 1. The minimum atomic E-state index is -0.895. The lowest BCUT2D eigenvalue weighted by atomic mass is 9.90. The predicted molar refractivity (Wildman–Crippen MR) is 104 cm³/mol. The molecule has 1 fully saturated rings. The van der Waals surface area contributed by atoms with E-state index in [0.717, 1.165) is 11.3 Å². The summed E-state index contributed by atoms with van der Waals surface area (Å²) < 4.78 is 15.8. The van der Waals surface area contributed by atoms with E-state index in [1.807, 2.05) is 23.6 Å². The lowest BCUT2D eigenvalue weighted by Crippen LogP contribution is -2.54. The van der Waals surface area contributed by atoms with E-state index in [-0.39, 0.29) is 18.3 Å². The van der Waals surface area contributed by atoms with Gasteiger partial charge in [0, 0.05) is 24.2 Å². The minimum absolute atomic E-state index is 0. The van der Waals surface area contributed by atoms with Gasteiger partial charge in [0.05, 0.1) is 19.9 Å². The molecule has 26 heavy (non-hydrogen) atoms. The highest BCUT2D eigenvalue weighted by Crippen LogP contribution is 2.33. The van der Waals surface area contributed by atoms with E-state index in [1.165, 1.54) is 11.3 Å². The lowest BCUT2D eigenvalue weighted by molar-refractivity contribution is -0.124. The fourth-order valence-electron chi connectivity index (χ4n) is 2.64. The van der Waals surface area contributed by atoms with Gasteiger partial charge < -0.3 is 25.3 Å². The minimum Gasteiger partial charge on any atom is -0.493 e. The summed E-state index contributed by atoms with van der Waals surface area (Å²) in [6, 6.07) is 5.57. The Hall–Kier alpha value is -1.87. The van der Waals surface area contributed by atoms with Gasteiger partial charge in [-0.3, -0.25) is 4.79 Å². The van der Waals surface area contributed by atoms with Crippen LogP contribution < -0.4 is 20.5 Å². The highest BCUT2D eigenvalue weighted by atomic mass is 35.5. The number of hydrogen-bond donors (Lipinski definition) is 2. The number of aromatic nitrogens is 1. The highest BCUT2D eigenvalue weighted by Gasteiger charge is 2.36. The highest BCUT2D eigenvalue weighted by molar-refractivity contribution is 7.14. The van der Waals surface area contributed by atoms with E-state index in [2.05, 4.69) is 10.3 Å². The molecule has 1 aliphatic heterocycles. The Morgan fingerprint density at radius 2 is 1.96 bits per heavy atom. The van der Waals surface area contributed by atoms with Crippen molar-refractivity contribution in [1.29, 1.82) is 0 Å². The number of benzene rings is 1. The largest absolute Gasteiger partial charge is 0.493 e. The van der Waals surface area contributed by atoms with Crippen LogP contribution in [0.4, 0.5) is 5.13 Å². The monoisotopic (exact) mass is 399 g/mol. The maximum absolute atomic E-state index is 12.5. The standard InChI is InChI=1S/C17H21N3O4S.ClH/c1-22-13-4-3-11(9-14(13)23-2)12-10-25-16(19-12)20-15(21)17(18)5-7-24-8-6-17;/h3-4,9-10H,5-8,18H2,1-2H3,(H,19,20,21);1H. The van der Waals surface area contributed by atoms with Gasteiger partial charge in [-0.1, -0.05) is 0 Å². The van der Waals surface area contributed by atoms with Crippen LogP contribution in [0.5, 0.6) is 11.5 Å². The maximum Gasteiger partial charge on any atom is 0.246 e. The van der Waals surface area contributed by atoms with Crippen LogP contribution in [-0.2, 0) is 9.53 Å². The number of anilines is 1. The van der Waals surface area contributed by atoms with Crippen LogP contribution in [0.3, 0.4) is 0 Å². The van der Waals surface area contributed by atoms with Crippen molar-refractivity contribution in [3.63, 3.8) is 0 Å². The average molecular weight is 400 g/mol. The summed E-state index contributed by atoms with van der Waals surface area (Å²) in [5.41, 5.74) is 6.92. The molecule has 9 heteroatoms. The second kappa shape index (κ2) is 8.68. The summed E-state index contributed by atoms with van der Waals surface area (Å²) in [6.45, 7) is 0.997. The van der Waals surface area contributed by atoms with E-state index < -0.39 is 5.54 Å². The Balaban J connectivity index is 0.00000243. The molecule has 0 saturated carbocycles. The summed E-state index contributed by atoms with van der Waals surface area (Å²) in [5.74, 6) is 1.06. The number of ether oxygens (including phenoxy) is 3. The van der Waals surface area contributed by atoms with Gasteiger partial charge in [0.1, 0.15) is 5.54 Å². The first-order chi connectivity index (χ1) is 12.1. The fraction of sp³-hybridized carbons (Fsp3) is 0.412. The van der Waals surface area contributed by atoms with E-state index in [9.17, 15) is 4.79 Å². The molecular formula is C17H22ClN3O4S. The predicted octanol–water partition coefficient (Wildman–Crippen LogP) is 2.70. The smallest absolute Gasteiger partial charge is 0.246 e. The van der Waals surface area contributed by atoms with Crippen molar-refractivity contribution >= 4 is 34.8 Å². The number of rotatable bonds is 5. The molecule has 1 saturated heterocycles. The first kappa shape index (κ1) is 20.4. The molecule has 2 heterocycles. The van der Waals surface area contributed by atoms with E-state index in [0.29, 0.717) is 42.7 Å². The molecule has 0 aliphatic carbocycles. The third-order valence-electron chi connectivity index (χ3n) is 4.24. The molecule has 3 N–H and O–H groups in total. The molecule has 0 radical (unpaired) electrons. The Kier molecular flexibility index (Phi) is 6.82. The van der Waals surface area contributed by atoms with Crippen molar-refractivity contribution in [2.45, 2.75) is 18.4 Å². The molecule has 3 rings (SSSR count). The van der Waals surface area contributed by atoms with Crippen LogP contribution in [0.2, 0.25) is 0 Å². The van der Waals surface area contributed by atoms with Gasteiger partial charge in [0.2, 0.25) is 5.91 Å².